The number of esters is 1. The van der Waals surface area contributed by atoms with Crippen LogP contribution in [0.5, 0.6) is 0 Å². The highest BCUT2D eigenvalue weighted by Crippen LogP contribution is 2.51. The van der Waals surface area contributed by atoms with Gasteiger partial charge in [-0.15, -0.1) is 11.8 Å². The van der Waals surface area contributed by atoms with E-state index in [-0.39, 0.29) is 24.9 Å². The predicted octanol–water partition coefficient (Wildman–Crippen LogP) is 2.34. The van der Waals surface area contributed by atoms with Gasteiger partial charge in [0.1, 0.15) is 11.4 Å². The molecular formula is C15H11NO3S. The summed E-state index contributed by atoms with van der Waals surface area (Å²) < 4.78 is 4.36. The maximum Gasteiger partial charge on any atom is 0.310 e. The molecule has 4 rings (SSSR count). The number of amides is 1. The highest BCUT2D eigenvalue weighted by atomic mass is 32.2. The minimum Gasteiger partial charge on any atom is -0.461 e. The number of rotatable bonds is 0. The molecule has 3 aliphatic heterocycles. The first-order valence-electron chi connectivity index (χ1n) is 6.34. The zero-order chi connectivity index (χ0) is 13.7. The first-order valence-corrected chi connectivity index (χ1v) is 7.22. The average Bonchev–Trinajstić information content (AvgIpc) is 2.72. The summed E-state index contributed by atoms with van der Waals surface area (Å²) in [5.74, 6) is -0.246. The van der Waals surface area contributed by atoms with Crippen molar-refractivity contribution < 1.29 is 14.3 Å². The lowest BCUT2D eigenvalue weighted by Crippen LogP contribution is -2.32. The fourth-order valence-corrected chi connectivity index (χ4v) is 4.02. The van der Waals surface area contributed by atoms with E-state index in [1.165, 1.54) is 11.8 Å². The number of cyclic esters (lactones) is 1. The molecule has 100 valence electrons. The number of anilines is 1. The molecule has 1 unspecified atom stereocenters. The number of carbonyl (C=O) groups is 2. The molecule has 0 radical (unpaired) electrons. The molecule has 3 aliphatic rings. The first-order chi connectivity index (χ1) is 9.69. The molecule has 1 fully saturated rings. The third-order valence-electron chi connectivity index (χ3n) is 3.81. The molecule has 3 heterocycles. The molecule has 0 aromatic heterocycles. The molecule has 1 saturated heterocycles. The minimum atomic E-state index is -0.723. The highest BCUT2D eigenvalue weighted by Gasteiger charge is 2.47. The van der Waals surface area contributed by atoms with Gasteiger partial charge in [0.2, 0.25) is 5.91 Å². The first kappa shape index (κ1) is 11.8. The van der Waals surface area contributed by atoms with Crippen molar-refractivity contribution in [2.75, 3.05) is 11.9 Å². The van der Waals surface area contributed by atoms with Gasteiger partial charge in [-0.1, -0.05) is 18.2 Å². The summed E-state index contributed by atoms with van der Waals surface area (Å²) in [4.78, 5) is 23.7. The van der Waals surface area contributed by atoms with E-state index in [2.05, 4.69) is 5.32 Å². The molecule has 1 aromatic rings. The van der Waals surface area contributed by atoms with Gasteiger partial charge in [-0.25, -0.2) is 0 Å². The Morgan fingerprint density at radius 3 is 2.95 bits per heavy atom. The molecule has 0 bridgehead atoms. The Labute approximate surface area is 119 Å². The summed E-state index contributed by atoms with van der Waals surface area (Å²) >= 11 is 1.45. The molecule has 4 nitrogen and oxygen atoms in total. The Kier molecular flexibility index (Phi) is 2.35. The molecule has 1 N–H and O–H groups in total. The summed E-state index contributed by atoms with van der Waals surface area (Å²) in [7, 11) is 0. The number of nitrogens with one attached hydrogen (secondary N) is 1. The lowest BCUT2D eigenvalue weighted by Gasteiger charge is -2.30. The van der Waals surface area contributed by atoms with E-state index in [1.54, 1.807) is 0 Å². The Hall–Kier alpha value is -2.01. The van der Waals surface area contributed by atoms with Gasteiger partial charge in [0.25, 0.3) is 0 Å². The van der Waals surface area contributed by atoms with E-state index < -0.39 is 4.75 Å². The molecule has 1 atom stereocenters. The highest BCUT2D eigenvalue weighted by molar-refractivity contribution is 8.04. The molecule has 20 heavy (non-hydrogen) atoms. The maximum atomic E-state index is 12.4. The van der Waals surface area contributed by atoms with Crippen molar-refractivity contribution in [1.29, 1.82) is 0 Å². The van der Waals surface area contributed by atoms with Crippen LogP contribution in [0.1, 0.15) is 12.0 Å². The predicted molar refractivity (Wildman–Crippen MR) is 76.1 cm³/mol. The number of hydrogen-bond acceptors (Lipinski definition) is 4. The largest absolute Gasteiger partial charge is 0.461 e. The standard InChI is InChI=1S/C15H11NO3S/c17-13-5-9-8-20-15(6-10(9)7-19-13)11-3-1-2-4-12(11)16-14(15)18/h1-4,6,8H,5,7H2,(H,16,18). The zero-order valence-electron chi connectivity index (χ0n) is 10.5. The molecule has 1 aromatic carbocycles. The third kappa shape index (κ3) is 1.50. The van der Waals surface area contributed by atoms with Crippen LogP contribution in [0, 0.1) is 0 Å². The third-order valence-corrected chi connectivity index (χ3v) is 5.11. The van der Waals surface area contributed by atoms with Crippen LogP contribution in [-0.4, -0.2) is 18.5 Å². The number of ether oxygens (including phenoxy) is 1. The van der Waals surface area contributed by atoms with Gasteiger partial charge in [0.05, 0.1) is 6.42 Å². The quantitative estimate of drug-likeness (QED) is 0.743. The molecule has 5 heteroatoms. The number of carbonyl (C=O) groups excluding carboxylic acids is 2. The van der Waals surface area contributed by atoms with E-state index in [1.807, 2.05) is 35.7 Å². The van der Waals surface area contributed by atoms with Gasteiger partial charge in [-0.2, -0.15) is 0 Å². The van der Waals surface area contributed by atoms with Crippen molar-refractivity contribution in [2.45, 2.75) is 11.2 Å². The van der Waals surface area contributed by atoms with Crippen LogP contribution in [0.25, 0.3) is 0 Å². The summed E-state index contributed by atoms with van der Waals surface area (Å²) in [5.41, 5.74) is 3.73. The van der Waals surface area contributed by atoms with Gasteiger partial charge in [-0.3, -0.25) is 9.59 Å². The van der Waals surface area contributed by atoms with Gasteiger partial charge >= 0.3 is 5.97 Å². The molecule has 1 spiro atoms. The smallest absolute Gasteiger partial charge is 0.310 e. The Morgan fingerprint density at radius 1 is 1.20 bits per heavy atom. The number of thioether (sulfide) groups is 1. The number of para-hydroxylation sites is 1. The van der Waals surface area contributed by atoms with Crippen LogP contribution >= 0.6 is 11.8 Å². The fourth-order valence-electron chi connectivity index (χ4n) is 2.78. The fraction of sp³-hybridized carbons (Fsp3) is 0.200. The maximum absolute atomic E-state index is 12.4. The van der Waals surface area contributed by atoms with Crippen molar-refractivity contribution in [3.05, 3.63) is 52.5 Å². The second-order valence-electron chi connectivity index (χ2n) is 5.00. The van der Waals surface area contributed by atoms with E-state index in [9.17, 15) is 9.59 Å². The summed E-state index contributed by atoms with van der Waals surface area (Å²) in [6.45, 7) is 0.252. The van der Waals surface area contributed by atoms with Crippen molar-refractivity contribution in [2.24, 2.45) is 0 Å². The van der Waals surface area contributed by atoms with Crippen LogP contribution in [0.15, 0.2) is 46.9 Å². The summed E-state index contributed by atoms with van der Waals surface area (Å²) in [6, 6.07) is 7.70. The average molecular weight is 285 g/mol. The van der Waals surface area contributed by atoms with Crippen molar-refractivity contribution in [3.8, 4) is 0 Å². The van der Waals surface area contributed by atoms with E-state index >= 15 is 0 Å². The summed E-state index contributed by atoms with van der Waals surface area (Å²) in [5, 5.41) is 4.85. The number of hydrogen-bond donors (Lipinski definition) is 1. The summed E-state index contributed by atoms with van der Waals surface area (Å²) in [6.07, 6.45) is 2.23. The lowest BCUT2D eigenvalue weighted by atomic mass is 9.92. The second-order valence-corrected chi connectivity index (χ2v) is 6.12. The topological polar surface area (TPSA) is 55.4 Å². The number of benzene rings is 1. The Morgan fingerprint density at radius 2 is 2.05 bits per heavy atom. The Bertz CT molecular complexity index is 707. The second kappa shape index (κ2) is 3.99. The lowest BCUT2D eigenvalue weighted by molar-refractivity contribution is -0.143. The molecule has 0 aliphatic carbocycles. The normalized spacial score (nSPS) is 27.2. The van der Waals surface area contributed by atoms with Crippen LogP contribution in [0.4, 0.5) is 5.69 Å². The zero-order valence-corrected chi connectivity index (χ0v) is 11.3. The van der Waals surface area contributed by atoms with Gasteiger partial charge in [-0.05, 0) is 28.7 Å². The van der Waals surface area contributed by atoms with Crippen LogP contribution in [-0.2, 0) is 19.1 Å². The monoisotopic (exact) mass is 285 g/mol. The van der Waals surface area contributed by atoms with Crippen molar-refractivity contribution in [3.63, 3.8) is 0 Å². The molecule has 0 saturated carbocycles. The van der Waals surface area contributed by atoms with E-state index in [0.29, 0.717) is 0 Å². The number of fused-ring (bicyclic) bond motifs is 3. The van der Waals surface area contributed by atoms with Crippen molar-refractivity contribution in [1.82, 2.24) is 0 Å². The van der Waals surface area contributed by atoms with Crippen LogP contribution in [0.2, 0.25) is 0 Å². The van der Waals surface area contributed by atoms with Gasteiger partial charge in [0, 0.05) is 11.3 Å². The van der Waals surface area contributed by atoms with Crippen LogP contribution < -0.4 is 5.32 Å². The minimum absolute atomic E-state index is 0.0385. The van der Waals surface area contributed by atoms with E-state index in [4.69, 9.17) is 4.74 Å². The molecular weight excluding hydrogens is 274 g/mol. The van der Waals surface area contributed by atoms with Crippen molar-refractivity contribution >= 4 is 29.3 Å². The van der Waals surface area contributed by atoms with E-state index in [0.717, 1.165) is 22.4 Å². The SMILES string of the molecule is O=C1CC2=CSC3(C=C2CO1)C(=O)Nc1ccccc13. The molecule has 1 amide bonds. The van der Waals surface area contributed by atoms with Gasteiger partial charge in [0.15, 0.2) is 0 Å². The Balaban J connectivity index is 1.83. The van der Waals surface area contributed by atoms with Crippen LogP contribution in [0.3, 0.4) is 0 Å². The van der Waals surface area contributed by atoms with Gasteiger partial charge < -0.3 is 10.1 Å².